The molecule has 8 heteroatoms. The van der Waals surface area contributed by atoms with Crippen LogP contribution in [0.1, 0.15) is 27.6 Å². The van der Waals surface area contributed by atoms with Crippen LogP contribution >= 0.6 is 0 Å². The van der Waals surface area contributed by atoms with Crippen LogP contribution in [-0.4, -0.2) is 53.4 Å². The van der Waals surface area contributed by atoms with Crippen LogP contribution in [-0.2, 0) is 20.0 Å². The minimum Gasteiger partial charge on any atom is -0.336 e. The molecule has 0 aliphatic carbocycles. The average molecular weight is 401 g/mol. The molecular weight excluding hydrogens is 378 g/mol. The van der Waals surface area contributed by atoms with Crippen molar-refractivity contribution in [3.63, 3.8) is 0 Å². The van der Waals surface area contributed by atoms with E-state index in [1.54, 1.807) is 4.68 Å². The van der Waals surface area contributed by atoms with Crippen LogP contribution < -0.4 is 0 Å². The number of aromatic nitrogens is 6. The quantitative estimate of drug-likeness (QED) is 0.516. The minimum absolute atomic E-state index is 0.00985. The van der Waals surface area contributed by atoms with Gasteiger partial charge in [0, 0.05) is 37.8 Å². The number of fused-ring (bicyclic) bond motifs is 2. The molecule has 1 aliphatic heterocycles. The Kier molecular flexibility index (Phi) is 4.34. The molecule has 0 saturated carbocycles. The average Bonchev–Trinajstić information content (AvgIpc) is 3.21. The van der Waals surface area contributed by atoms with Crippen molar-refractivity contribution in [1.29, 1.82) is 0 Å². The predicted octanol–water partition coefficient (Wildman–Crippen LogP) is 2.54. The highest BCUT2D eigenvalue weighted by Crippen LogP contribution is 2.24. The molecule has 0 fully saturated rings. The number of amides is 1. The van der Waals surface area contributed by atoms with Gasteiger partial charge in [-0.3, -0.25) is 9.48 Å². The molecule has 0 saturated heterocycles. The van der Waals surface area contributed by atoms with E-state index in [9.17, 15) is 4.79 Å². The maximum absolute atomic E-state index is 13.5. The number of aryl methyl sites for hydroxylation is 3. The van der Waals surface area contributed by atoms with Crippen LogP contribution in [0.2, 0.25) is 0 Å². The van der Waals surface area contributed by atoms with E-state index in [0.717, 1.165) is 39.6 Å². The molecule has 0 unspecified atom stereocenters. The van der Waals surface area contributed by atoms with Gasteiger partial charge in [-0.2, -0.15) is 10.2 Å². The molecule has 4 aromatic rings. The Bertz CT molecular complexity index is 1230. The third-order valence-corrected chi connectivity index (χ3v) is 5.58. The van der Waals surface area contributed by atoms with Crippen molar-refractivity contribution in [3.05, 3.63) is 59.2 Å². The van der Waals surface area contributed by atoms with Gasteiger partial charge in [0.15, 0.2) is 11.5 Å². The first-order valence-corrected chi connectivity index (χ1v) is 10.1. The van der Waals surface area contributed by atoms with Gasteiger partial charge in [0.05, 0.1) is 23.2 Å². The van der Waals surface area contributed by atoms with E-state index >= 15 is 0 Å². The third-order valence-electron chi connectivity index (χ3n) is 5.58. The van der Waals surface area contributed by atoms with Gasteiger partial charge in [-0.1, -0.05) is 30.3 Å². The molecule has 5 rings (SSSR count). The molecule has 0 spiro atoms. The number of rotatable bonds is 2. The fourth-order valence-electron chi connectivity index (χ4n) is 4.12. The van der Waals surface area contributed by atoms with Crippen molar-refractivity contribution in [2.24, 2.45) is 7.05 Å². The van der Waals surface area contributed by atoms with Crippen LogP contribution in [0.15, 0.2) is 36.4 Å². The summed E-state index contributed by atoms with van der Waals surface area (Å²) >= 11 is 0. The zero-order valence-electron chi connectivity index (χ0n) is 17.3. The smallest absolute Gasteiger partial charge is 0.254 e. The SMILES string of the molecule is Cc1cc(C(=O)N2CCc3nc(-c4ccccc4)nn3CC2)c2c(C)nn(C)c2n1. The molecule has 3 aromatic heterocycles. The highest BCUT2D eigenvalue weighted by atomic mass is 16.2. The van der Waals surface area contributed by atoms with E-state index in [0.29, 0.717) is 31.6 Å². The second-order valence-electron chi connectivity index (χ2n) is 7.70. The first-order chi connectivity index (χ1) is 14.5. The summed E-state index contributed by atoms with van der Waals surface area (Å²) in [6, 6.07) is 11.8. The second kappa shape index (κ2) is 7.05. The van der Waals surface area contributed by atoms with Gasteiger partial charge in [0.1, 0.15) is 5.82 Å². The number of pyridine rings is 1. The Hall–Kier alpha value is -3.55. The van der Waals surface area contributed by atoms with Crippen LogP contribution in [0, 0.1) is 13.8 Å². The number of hydrogen-bond donors (Lipinski definition) is 0. The Morgan fingerprint density at radius 3 is 2.60 bits per heavy atom. The molecule has 1 amide bonds. The first kappa shape index (κ1) is 18.5. The summed E-state index contributed by atoms with van der Waals surface area (Å²) in [5.41, 5.74) is 4.05. The van der Waals surface area contributed by atoms with Crippen molar-refractivity contribution < 1.29 is 4.79 Å². The van der Waals surface area contributed by atoms with Crippen LogP contribution in [0.25, 0.3) is 22.4 Å². The summed E-state index contributed by atoms with van der Waals surface area (Å²) in [7, 11) is 1.86. The second-order valence-corrected chi connectivity index (χ2v) is 7.70. The number of carbonyl (C=O) groups is 1. The molecule has 1 aliphatic rings. The summed E-state index contributed by atoms with van der Waals surface area (Å²) in [5.74, 6) is 1.66. The summed E-state index contributed by atoms with van der Waals surface area (Å²) in [6.45, 7) is 5.65. The van der Waals surface area contributed by atoms with E-state index in [4.69, 9.17) is 4.98 Å². The maximum atomic E-state index is 13.5. The topological polar surface area (TPSA) is 81.7 Å². The van der Waals surface area contributed by atoms with Crippen molar-refractivity contribution in [1.82, 2.24) is 34.4 Å². The molecule has 4 heterocycles. The largest absolute Gasteiger partial charge is 0.336 e. The molecule has 0 bridgehead atoms. The zero-order valence-corrected chi connectivity index (χ0v) is 17.3. The van der Waals surface area contributed by atoms with Crippen LogP contribution in [0.5, 0.6) is 0 Å². The Morgan fingerprint density at radius 2 is 1.80 bits per heavy atom. The first-order valence-electron chi connectivity index (χ1n) is 10.1. The molecule has 0 atom stereocenters. The fraction of sp³-hybridized carbons (Fsp3) is 0.318. The Balaban J connectivity index is 1.42. The molecule has 8 nitrogen and oxygen atoms in total. The number of nitrogens with zero attached hydrogens (tertiary/aromatic N) is 7. The lowest BCUT2D eigenvalue weighted by Crippen LogP contribution is -2.34. The number of hydrogen-bond acceptors (Lipinski definition) is 5. The van der Waals surface area contributed by atoms with Crippen LogP contribution in [0.4, 0.5) is 0 Å². The standard InChI is InChI=1S/C22H23N7O/c1-14-13-17(19-15(2)25-27(3)21(19)23-14)22(30)28-10-9-18-24-20(26-29(18)12-11-28)16-7-5-4-6-8-16/h4-8,13H,9-12H2,1-3H3. The minimum atomic E-state index is 0.00985. The Morgan fingerprint density at radius 1 is 1.00 bits per heavy atom. The third kappa shape index (κ3) is 3.04. The summed E-state index contributed by atoms with van der Waals surface area (Å²) < 4.78 is 3.67. The lowest BCUT2D eigenvalue weighted by atomic mass is 10.1. The van der Waals surface area contributed by atoms with Gasteiger partial charge in [-0.05, 0) is 19.9 Å². The molecular formula is C22H23N7O. The van der Waals surface area contributed by atoms with Gasteiger partial charge in [0.2, 0.25) is 0 Å². The van der Waals surface area contributed by atoms with Crippen molar-refractivity contribution >= 4 is 16.9 Å². The van der Waals surface area contributed by atoms with E-state index in [1.807, 2.05) is 66.9 Å². The lowest BCUT2D eigenvalue weighted by Gasteiger charge is -2.20. The van der Waals surface area contributed by atoms with Crippen molar-refractivity contribution in [3.8, 4) is 11.4 Å². The highest BCUT2D eigenvalue weighted by molar-refractivity contribution is 6.06. The molecule has 152 valence electrons. The van der Waals surface area contributed by atoms with Gasteiger partial charge in [0.25, 0.3) is 5.91 Å². The van der Waals surface area contributed by atoms with Gasteiger partial charge in [-0.15, -0.1) is 0 Å². The molecule has 1 aromatic carbocycles. The number of benzene rings is 1. The van der Waals surface area contributed by atoms with Gasteiger partial charge >= 0.3 is 0 Å². The summed E-state index contributed by atoms with van der Waals surface area (Å²) in [4.78, 5) is 24.6. The lowest BCUT2D eigenvalue weighted by molar-refractivity contribution is 0.0760. The van der Waals surface area contributed by atoms with E-state index in [1.165, 1.54) is 0 Å². The van der Waals surface area contributed by atoms with E-state index < -0.39 is 0 Å². The van der Waals surface area contributed by atoms with Crippen molar-refractivity contribution in [2.75, 3.05) is 13.1 Å². The van der Waals surface area contributed by atoms with E-state index in [-0.39, 0.29) is 5.91 Å². The van der Waals surface area contributed by atoms with Crippen molar-refractivity contribution in [2.45, 2.75) is 26.8 Å². The monoisotopic (exact) mass is 401 g/mol. The number of carbonyl (C=O) groups excluding carboxylic acids is 1. The summed E-state index contributed by atoms with van der Waals surface area (Å²) in [5, 5.41) is 9.97. The van der Waals surface area contributed by atoms with E-state index in [2.05, 4.69) is 15.2 Å². The highest BCUT2D eigenvalue weighted by Gasteiger charge is 2.25. The summed E-state index contributed by atoms with van der Waals surface area (Å²) in [6.07, 6.45) is 0.671. The normalized spacial score (nSPS) is 14.0. The Labute approximate surface area is 174 Å². The van der Waals surface area contributed by atoms with Crippen LogP contribution in [0.3, 0.4) is 0 Å². The van der Waals surface area contributed by atoms with Gasteiger partial charge in [-0.25, -0.2) is 14.6 Å². The molecule has 0 N–H and O–H groups in total. The zero-order chi connectivity index (χ0) is 20.8. The fourth-order valence-corrected chi connectivity index (χ4v) is 4.12. The maximum Gasteiger partial charge on any atom is 0.254 e. The predicted molar refractivity (Wildman–Crippen MR) is 113 cm³/mol. The molecule has 0 radical (unpaired) electrons. The van der Waals surface area contributed by atoms with Gasteiger partial charge < -0.3 is 4.90 Å². The molecule has 30 heavy (non-hydrogen) atoms.